The van der Waals surface area contributed by atoms with Crippen LogP contribution in [0, 0.1) is 11.8 Å². The normalized spacial score (nSPS) is 23.6. The minimum absolute atomic E-state index is 0.0845. The van der Waals surface area contributed by atoms with E-state index in [4.69, 9.17) is 0 Å². The molecule has 112 valence electrons. The third-order valence-corrected chi connectivity index (χ3v) is 4.60. The average Bonchev–Trinajstić information content (AvgIpc) is 3.33. The standard InChI is InChI=1S/C17H21NO3/c19-16(18-10-4-7-14(11-18)17(20)21)15(13-8-9-13)12-5-2-1-3-6-12/h1-3,5-6,13-15H,4,7-11H2,(H,20,21). The number of carbonyl (C=O) groups is 2. The summed E-state index contributed by atoms with van der Waals surface area (Å²) >= 11 is 0. The topological polar surface area (TPSA) is 57.6 Å². The van der Waals surface area contributed by atoms with Crippen LogP contribution in [-0.4, -0.2) is 35.0 Å². The Morgan fingerprint density at radius 1 is 1.14 bits per heavy atom. The van der Waals surface area contributed by atoms with E-state index in [0.29, 0.717) is 25.4 Å². The summed E-state index contributed by atoms with van der Waals surface area (Å²) in [5.74, 6) is -0.716. The van der Waals surface area contributed by atoms with Crippen molar-refractivity contribution >= 4 is 11.9 Å². The number of aliphatic carboxylic acids is 1. The molecule has 1 saturated heterocycles. The highest BCUT2D eigenvalue weighted by Crippen LogP contribution is 2.44. The second kappa shape index (κ2) is 5.88. The highest BCUT2D eigenvalue weighted by atomic mass is 16.4. The van der Waals surface area contributed by atoms with Crippen LogP contribution in [0.4, 0.5) is 0 Å². The number of carboxylic acids is 1. The molecule has 1 N–H and O–H groups in total. The maximum Gasteiger partial charge on any atom is 0.308 e. The van der Waals surface area contributed by atoms with E-state index in [9.17, 15) is 14.7 Å². The van der Waals surface area contributed by atoms with Crippen LogP contribution < -0.4 is 0 Å². The summed E-state index contributed by atoms with van der Waals surface area (Å²) in [4.78, 5) is 25.8. The molecule has 1 aliphatic carbocycles. The number of hydrogen-bond donors (Lipinski definition) is 1. The fourth-order valence-electron chi connectivity index (χ4n) is 3.28. The van der Waals surface area contributed by atoms with Crippen molar-refractivity contribution in [3.05, 3.63) is 35.9 Å². The van der Waals surface area contributed by atoms with E-state index >= 15 is 0 Å². The number of likely N-dealkylation sites (tertiary alicyclic amines) is 1. The van der Waals surface area contributed by atoms with Crippen molar-refractivity contribution in [1.29, 1.82) is 0 Å². The molecule has 0 spiro atoms. The molecule has 4 heteroatoms. The zero-order valence-electron chi connectivity index (χ0n) is 12.1. The Kier molecular flexibility index (Phi) is 3.95. The van der Waals surface area contributed by atoms with Gasteiger partial charge in [-0.3, -0.25) is 9.59 Å². The molecular formula is C17H21NO3. The van der Waals surface area contributed by atoms with Crippen LogP contribution in [-0.2, 0) is 9.59 Å². The Bertz CT molecular complexity index is 524. The van der Waals surface area contributed by atoms with Crippen molar-refractivity contribution < 1.29 is 14.7 Å². The van der Waals surface area contributed by atoms with Gasteiger partial charge in [-0.1, -0.05) is 30.3 Å². The van der Waals surface area contributed by atoms with E-state index in [0.717, 1.165) is 24.8 Å². The SMILES string of the molecule is O=C(O)C1CCCN(C(=O)C(c2ccccc2)C2CC2)C1. The summed E-state index contributed by atoms with van der Waals surface area (Å²) in [5.41, 5.74) is 1.07. The Balaban J connectivity index is 1.77. The average molecular weight is 287 g/mol. The highest BCUT2D eigenvalue weighted by molar-refractivity contribution is 5.85. The maximum atomic E-state index is 12.9. The Hall–Kier alpha value is -1.84. The van der Waals surface area contributed by atoms with Gasteiger partial charge in [-0.25, -0.2) is 0 Å². The molecule has 1 aromatic rings. The number of nitrogens with zero attached hydrogens (tertiary/aromatic N) is 1. The van der Waals surface area contributed by atoms with Crippen LogP contribution in [0.3, 0.4) is 0 Å². The van der Waals surface area contributed by atoms with Gasteiger partial charge in [0.15, 0.2) is 0 Å². The predicted octanol–water partition coefficient (Wildman–Crippen LogP) is 2.50. The Labute approximate surface area is 124 Å². The van der Waals surface area contributed by atoms with Gasteiger partial charge in [-0.15, -0.1) is 0 Å². The zero-order valence-corrected chi connectivity index (χ0v) is 12.1. The lowest BCUT2D eigenvalue weighted by Gasteiger charge is -2.33. The summed E-state index contributed by atoms with van der Waals surface area (Å²) in [6, 6.07) is 9.92. The molecule has 0 bridgehead atoms. The molecule has 21 heavy (non-hydrogen) atoms. The van der Waals surface area contributed by atoms with Gasteiger partial charge in [0.2, 0.25) is 5.91 Å². The number of rotatable bonds is 4. The fourth-order valence-corrected chi connectivity index (χ4v) is 3.28. The number of benzene rings is 1. The first-order chi connectivity index (χ1) is 10.2. The summed E-state index contributed by atoms with van der Waals surface area (Å²) in [5, 5.41) is 9.18. The number of hydrogen-bond acceptors (Lipinski definition) is 2. The Morgan fingerprint density at radius 2 is 1.86 bits per heavy atom. The Morgan fingerprint density at radius 3 is 2.48 bits per heavy atom. The monoisotopic (exact) mass is 287 g/mol. The maximum absolute atomic E-state index is 12.9. The van der Waals surface area contributed by atoms with Crippen molar-refractivity contribution in [2.75, 3.05) is 13.1 Å². The van der Waals surface area contributed by atoms with Crippen molar-refractivity contribution in [2.45, 2.75) is 31.6 Å². The molecule has 0 radical (unpaired) electrons. The molecule has 2 aliphatic rings. The largest absolute Gasteiger partial charge is 0.481 e. The predicted molar refractivity (Wildman–Crippen MR) is 78.8 cm³/mol. The minimum atomic E-state index is -0.782. The molecule has 1 aliphatic heterocycles. The molecule has 4 nitrogen and oxygen atoms in total. The van der Waals surface area contributed by atoms with Crippen molar-refractivity contribution in [3.8, 4) is 0 Å². The number of carbonyl (C=O) groups excluding carboxylic acids is 1. The lowest BCUT2D eigenvalue weighted by atomic mass is 9.90. The van der Waals surface area contributed by atoms with Crippen molar-refractivity contribution in [2.24, 2.45) is 11.8 Å². The van der Waals surface area contributed by atoms with Gasteiger partial charge in [-0.05, 0) is 37.2 Å². The summed E-state index contributed by atoms with van der Waals surface area (Å²) in [6.07, 6.45) is 3.66. The summed E-state index contributed by atoms with van der Waals surface area (Å²) in [6.45, 7) is 1.06. The van der Waals surface area contributed by atoms with E-state index in [2.05, 4.69) is 0 Å². The highest BCUT2D eigenvalue weighted by Gasteiger charge is 2.40. The number of carboxylic acid groups (broad SMARTS) is 1. The van der Waals surface area contributed by atoms with E-state index in [1.54, 1.807) is 4.90 Å². The van der Waals surface area contributed by atoms with Crippen LogP contribution in [0.25, 0.3) is 0 Å². The van der Waals surface area contributed by atoms with Crippen LogP contribution in [0.2, 0.25) is 0 Å². The second-order valence-electron chi connectivity index (χ2n) is 6.19. The molecule has 1 aromatic carbocycles. The first-order valence-electron chi connectivity index (χ1n) is 7.73. The molecule has 1 saturated carbocycles. The van der Waals surface area contributed by atoms with Crippen LogP contribution in [0.5, 0.6) is 0 Å². The smallest absolute Gasteiger partial charge is 0.308 e. The molecule has 2 fully saturated rings. The first kappa shape index (κ1) is 14.1. The quantitative estimate of drug-likeness (QED) is 0.925. The van der Waals surface area contributed by atoms with Gasteiger partial charge in [0.25, 0.3) is 0 Å². The summed E-state index contributed by atoms with van der Waals surface area (Å²) < 4.78 is 0. The second-order valence-corrected chi connectivity index (χ2v) is 6.19. The van der Waals surface area contributed by atoms with Gasteiger partial charge in [0.1, 0.15) is 0 Å². The number of piperidine rings is 1. The first-order valence-corrected chi connectivity index (χ1v) is 7.73. The molecular weight excluding hydrogens is 266 g/mol. The van der Waals surface area contributed by atoms with Crippen molar-refractivity contribution in [3.63, 3.8) is 0 Å². The van der Waals surface area contributed by atoms with E-state index in [-0.39, 0.29) is 11.8 Å². The molecule has 2 unspecified atom stereocenters. The van der Waals surface area contributed by atoms with E-state index in [1.165, 1.54) is 0 Å². The molecule has 0 aromatic heterocycles. The lowest BCUT2D eigenvalue weighted by molar-refractivity contribution is -0.146. The van der Waals surface area contributed by atoms with Gasteiger partial charge in [0, 0.05) is 13.1 Å². The van der Waals surface area contributed by atoms with Crippen LogP contribution in [0.15, 0.2) is 30.3 Å². The third kappa shape index (κ3) is 3.09. The van der Waals surface area contributed by atoms with Gasteiger partial charge >= 0.3 is 5.97 Å². The third-order valence-electron chi connectivity index (χ3n) is 4.60. The lowest BCUT2D eigenvalue weighted by Crippen LogP contribution is -2.44. The van der Waals surface area contributed by atoms with Crippen LogP contribution >= 0.6 is 0 Å². The molecule has 1 heterocycles. The molecule has 3 rings (SSSR count). The van der Waals surface area contributed by atoms with Gasteiger partial charge in [0.05, 0.1) is 11.8 Å². The minimum Gasteiger partial charge on any atom is -0.481 e. The van der Waals surface area contributed by atoms with Crippen molar-refractivity contribution in [1.82, 2.24) is 4.90 Å². The summed E-state index contributed by atoms with van der Waals surface area (Å²) in [7, 11) is 0. The zero-order chi connectivity index (χ0) is 14.8. The van der Waals surface area contributed by atoms with E-state index < -0.39 is 11.9 Å². The number of amides is 1. The van der Waals surface area contributed by atoms with Gasteiger partial charge in [-0.2, -0.15) is 0 Å². The molecule has 2 atom stereocenters. The van der Waals surface area contributed by atoms with Gasteiger partial charge < -0.3 is 10.0 Å². The fraction of sp³-hybridized carbons (Fsp3) is 0.529. The van der Waals surface area contributed by atoms with Crippen LogP contribution in [0.1, 0.15) is 37.2 Å². The molecule has 1 amide bonds. The van der Waals surface area contributed by atoms with E-state index in [1.807, 2.05) is 30.3 Å².